The molecule has 0 saturated carbocycles. The van der Waals surface area contributed by atoms with Gasteiger partial charge in [0.05, 0.1) is 5.69 Å². The van der Waals surface area contributed by atoms with Crippen molar-refractivity contribution in [2.45, 2.75) is 18.2 Å². The molecule has 8 heteroatoms. The number of sulfonamides is 1. The molecular formula is C8H9N3O3S2. The molecule has 86 valence electrons. The smallest absolute Gasteiger partial charge is 0.291 e. The average Bonchev–Trinajstić information content (AvgIpc) is 2.83. The molecule has 2 aromatic rings. The first-order valence-corrected chi connectivity index (χ1v) is 6.72. The third-order valence-corrected chi connectivity index (χ3v) is 4.55. The second kappa shape index (κ2) is 3.87. The fourth-order valence-electron chi connectivity index (χ4n) is 1.02. The number of anilines is 1. The van der Waals surface area contributed by atoms with Crippen LogP contribution in [-0.2, 0) is 10.0 Å². The SMILES string of the molecule is Cc1noc(NS(=O)(=O)c2nccs2)c1C. The summed E-state index contributed by atoms with van der Waals surface area (Å²) in [6.07, 6.45) is 1.43. The number of nitrogens with zero attached hydrogens (tertiary/aromatic N) is 2. The van der Waals surface area contributed by atoms with Crippen LogP contribution in [0.2, 0.25) is 0 Å². The normalized spacial score (nSPS) is 11.6. The lowest BCUT2D eigenvalue weighted by molar-refractivity contribution is 0.430. The summed E-state index contributed by atoms with van der Waals surface area (Å²) < 4.78 is 30.7. The van der Waals surface area contributed by atoms with Crippen molar-refractivity contribution in [3.05, 3.63) is 22.8 Å². The molecule has 0 aliphatic rings. The summed E-state index contributed by atoms with van der Waals surface area (Å²) in [6.45, 7) is 3.46. The topological polar surface area (TPSA) is 85.1 Å². The highest BCUT2D eigenvalue weighted by molar-refractivity contribution is 7.94. The molecule has 0 aromatic carbocycles. The third-order valence-electron chi connectivity index (χ3n) is 2.02. The highest BCUT2D eigenvalue weighted by Crippen LogP contribution is 2.22. The van der Waals surface area contributed by atoms with Crippen LogP contribution in [0.4, 0.5) is 5.88 Å². The van der Waals surface area contributed by atoms with E-state index in [2.05, 4.69) is 14.9 Å². The Morgan fingerprint density at radius 1 is 1.44 bits per heavy atom. The Bertz CT molecular complexity index is 586. The van der Waals surface area contributed by atoms with Gasteiger partial charge >= 0.3 is 0 Å². The number of hydrogen-bond acceptors (Lipinski definition) is 6. The second-order valence-electron chi connectivity index (χ2n) is 3.13. The number of rotatable bonds is 3. The molecule has 0 atom stereocenters. The molecule has 0 fully saturated rings. The Morgan fingerprint density at radius 2 is 2.19 bits per heavy atom. The first-order valence-electron chi connectivity index (χ1n) is 4.36. The minimum absolute atomic E-state index is 0.000882. The van der Waals surface area contributed by atoms with E-state index in [1.165, 1.54) is 6.20 Å². The number of aryl methyl sites for hydroxylation is 1. The van der Waals surface area contributed by atoms with Gasteiger partial charge in [0.1, 0.15) is 0 Å². The van der Waals surface area contributed by atoms with Crippen molar-refractivity contribution in [1.82, 2.24) is 10.1 Å². The van der Waals surface area contributed by atoms with Crippen LogP contribution in [0.25, 0.3) is 0 Å². The summed E-state index contributed by atoms with van der Waals surface area (Å²) in [5, 5.41) is 5.25. The van der Waals surface area contributed by atoms with Crippen LogP contribution < -0.4 is 4.72 Å². The fourth-order valence-corrected chi connectivity index (χ4v) is 2.90. The van der Waals surface area contributed by atoms with E-state index in [4.69, 9.17) is 4.52 Å². The molecule has 0 unspecified atom stereocenters. The van der Waals surface area contributed by atoms with Crippen LogP contribution >= 0.6 is 11.3 Å². The summed E-state index contributed by atoms with van der Waals surface area (Å²) in [5.41, 5.74) is 1.32. The van der Waals surface area contributed by atoms with Crippen LogP contribution in [0.1, 0.15) is 11.3 Å². The van der Waals surface area contributed by atoms with E-state index in [0.717, 1.165) is 11.3 Å². The Balaban J connectivity index is 2.32. The number of nitrogens with one attached hydrogen (secondary N) is 1. The minimum atomic E-state index is -3.66. The van der Waals surface area contributed by atoms with Crippen LogP contribution in [0, 0.1) is 13.8 Å². The maximum Gasteiger partial charge on any atom is 0.291 e. The van der Waals surface area contributed by atoms with Crippen LogP contribution in [0.3, 0.4) is 0 Å². The number of thiazole rings is 1. The van der Waals surface area contributed by atoms with Gasteiger partial charge in [0, 0.05) is 17.1 Å². The molecule has 0 saturated heterocycles. The molecule has 2 heterocycles. The summed E-state index contributed by atoms with van der Waals surface area (Å²) in [7, 11) is -3.66. The molecule has 0 amide bonds. The standard InChI is InChI=1S/C8H9N3O3S2/c1-5-6(2)10-14-7(5)11-16(12,13)8-9-3-4-15-8/h3-4,11H,1-2H3. The molecular weight excluding hydrogens is 250 g/mol. The van der Waals surface area contributed by atoms with Gasteiger partial charge in [-0.05, 0) is 13.8 Å². The quantitative estimate of drug-likeness (QED) is 0.903. The lowest BCUT2D eigenvalue weighted by atomic mass is 10.3. The van der Waals surface area contributed by atoms with Gasteiger partial charge in [0.25, 0.3) is 10.0 Å². The first kappa shape index (κ1) is 11.1. The second-order valence-corrected chi connectivity index (χ2v) is 5.88. The molecule has 6 nitrogen and oxygen atoms in total. The predicted octanol–water partition coefficient (Wildman–Crippen LogP) is 1.55. The van der Waals surface area contributed by atoms with Gasteiger partial charge in [-0.15, -0.1) is 11.3 Å². The molecule has 0 aliphatic carbocycles. The zero-order valence-electron chi connectivity index (χ0n) is 8.59. The highest BCUT2D eigenvalue weighted by atomic mass is 32.2. The third kappa shape index (κ3) is 1.93. The first-order chi connectivity index (χ1) is 7.50. The van der Waals surface area contributed by atoms with Gasteiger partial charge in [-0.25, -0.2) is 9.71 Å². The fraction of sp³-hybridized carbons (Fsp3) is 0.250. The molecule has 0 aliphatic heterocycles. The summed E-state index contributed by atoms with van der Waals surface area (Å²) >= 11 is 1.04. The largest absolute Gasteiger partial charge is 0.337 e. The highest BCUT2D eigenvalue weighted by Gasteiger charge is 2.21. The van der Waals surface area contributed by atoms with E-state index in [-0.39, 0.29) is 10.2 Å². The lowest BCUT2D eigenvalue weighted by Gasteiger charge is -2.01. The lowest BCUT2D eigenvalue weighted by Crippen LogP contribution is -2.12. The van der Waals surface area contributed by atoms with Crippen molar-refractivity contribution in [1.29, 1.82) is 0 Å². The van der Waals surface area contributed by atoms with Crippen molar-refractivity contribution in [2.24, 2.45) is 0 Å². The molecule has 2 rings (SSSR count). The van der Waals surface area contributed by atoms with Crippen molar-refractivity contribution in [2.75, 3.05) is 4.72 Å². The summed E-state index contributed by atoms with van der Waals surface area (Å²) in [5.74, 6) is 0.132. The van der Waals surface area contributed by atoms with E-state index in [1.54, 1.807) is 19.2 Å². The van der Waals surface area contributed by atoms with E-state index in [1.807, 2.05) is 0 Å². The van der Waals surface area contributed by atoms with Gasteiger partial charge in [-0.1, -0.05) is 5.16 Å². The van der Waals surface area contributed by atoms with E-state index < -0.39 is 10.0 Å². The van der Waals surface area contributed by atoms with Crippen molar-refractivity contribution in [3.63, 3.8) is 0 Å². The van der Waals surface area contributed by atoms with Crippen LogP contribution in [0.15, 0.2) is 20.4 Å². The van der Waals surface area contributed by atoms with Gasteiger partial charge in [0.15, 0.2) is 0 Å². The Hall–Kier alpha value is -1.41. The Kier molecular flexibility index (Phi) is 2.68. The average molecular weight is 259 g/mol. The summed E-state index contributed by atoms with van der Waals surface area (Å²) in [4.78, 5) is 3.73. The molecule has 0 bridgehead atoms. The van der Waals surface area contributed by atoms with Crippen molar-refractivity contribution in [3.8, 4) is 0 Å². The zero-order valence-corrected chi connectivity index (χ0v) is 10.2. The molecule has 0 spiro atoms. The van der Waals surface area contributed by atoms with Crippen LogP contribution in [0.5, 0.6) is 0 Å². The van der Waals surface area contributed by atoms with Gasteiger partial charge in [0.2, 0.25) is 10.2 Å². The summed E-state index contributed by atoms with van der Waals surface area (Å²) in [6, 6.07) is 0. The monoisotopic (exact) mass is 259 g/mol. The Morgan fingerprint density at radius 3 is 2.69 bits per heavy atom. The zero-order chi connectivity index (χ0) is 11.8. The van der Waals surface area contributed by atoms with Gasteiger partial charge < -0.3 is 4.52 Å². The molecule has 1 N–H and O–H groups in total. The number of hydrogen-bond donors (Lipinski definition) is 1. The van der Waals surface area contributed by atoms with Crippen LogP contribution in [-0.4, -0.2) is 18.6 Å². The van der Waals surface area contributed by atoms with Crippen molar-refractivity contribution < 1.29 is 12.9 Å². The van der Waals surface area contributed by atoms with Crippen molar-refractivity contribution >= 4 is 27.2 Å². The predicted molar refractivity (Wildman–Crippen MR) is 58.9 cm³/mol. The minimum Gasteiger partial charge on any atom is -0.337 e. The number of aromatic nitrogens is 2. The van der Waals surface area contributed by atoms with E-state index in [0.29, 0.717) is 11.3 Å². The molecule has 0 radical (unpaired) electrons. The molecule has 2 aromatic heterocycles. The maximum atomic E-state index is 11.8. The maximum absolute atomic E-state index is 11.8. The van der Waals surface area contributed by atoms with Gasteiger partial charge in [-0.3, -0.25) is 0 Å². The van der Waals surface area contributed by atoms with E-state index >= 15 is 0 Å². The Labute approximate surface area is 96.4 Å². The van der Waals surface area contributed by atoms with Gasteiger partial charge in [-0.2, -0.15) is 8.42 Å². The van der Waals surface area contributed by atoms with E-state index in [9.17, 15) is 8.42 Å². The molecule has 16 heavy (non-hydrogen) atoms.